The van der Waals surface area contributed by atoms with E-state index in [9.17, 15) is 18.3 Å². The zero-order chi connectivity index (χ0) is 25.8. The second kappa shape index (κ2) is 14.4. The van der Waals surface area contributed by atoms with Crippen molar-refractivity contribution in [2.75, 3.05) is 5.75 Å². The summed E-state index contributed by atoms with van der Waals surface area (Å²) in [6, 6.07) is 10.7. The van der Waals surface area contributed by atoms with Gasteiger partial charge in [-0.05, 0) is 55.0 Å². The Hall–Kier alpha value is -2.14. The summed E-state index contributed by atoms with van der Waals surface area (Å²) in [5, 5.41) is 9.05. The molecule has 0 radical (unpaired) electrons. The Kier molecular flexibility index (Phi) is 12.0. The van der Waals surface area contributed by atoms with Crippen LogP contribution in [0.2, 0.25) is 0 Å². The summed E-state index contributed by atoms with van der Waals surface area (Å²) in [6.07, 6.45) is 11.3. The lowest BCUT2D eigenvalue weighted by Crippen LogP contribution is -2.26. The predicted molar refractivity (Wildman–Crippen MR) is 146 cm³/mol. The van der Waals surface area contributed by atoms with Crippen LogP contribution in [0.1, 0.15) is 104 Å². The zero-order valence-electron chi connectivity index (χ0n) is 22.1. The van der Waals surface area contributed by atoms with E-state index in [1.807, 2.05) is 19.9 Å². The third-order valence-electron chi connectivity index (χ3n) is 7.06. The minimum atomic E-state index is -3.64. The van der Waals surface area contributed by atoms with Crippen LogP contribution in [-0.4, -0.2) is 25.1 Å². The lowest BCUT2D eigenvalue weighted by atomic mass is 9.94. The highest BCUT2D eigenvalue weighted by atomic mass is 32.2. The van der Waals surface area contributed by atoms with Gasteiger partial charge >= 0.3 is 0 Å². The van der Waals surface area contributed by atoms with Crippen LogP contribution in [0.3, 0.4) is 0 Å². The fraction of sp³-hybridized carbons (Fsp3) is 0.567. The van der Waals surface area contributed by atoms with Crippen molar-refractivity contribution in [1.29, 1.82) is 0 Å². The maximum absolute atomic E-state index is 13.5. The molecule has 1 N–H and O–H groups in total. The van der Waals surface area contributed by atoms with Crippen LogP contribution in [0.4, 0.5) is 0 Å². The number of hydrogen-bond donors (Lipinski definition) is 1. The second-order valence-corrected chi connectivity index (χ2v) is 12.1. The average molecular weight is 501 g/mol. The van der Waals surface area contributed by atoms with Crippen LogP contribution in [0.25, 0.3) is 0 Å². The molecule has 0 fully saturated rings. The van der Waals surface area contributed by atoms with Gasteiger partial charge in [0.25, 0.3) is 0 Å². The van der Waals surface area contributed by atoms with Crippen LogP contribution in [-0.2, 0) is 21.1 Å². The molecule has 35 heavy (non-hydrogen) atoms. The molecule has 0 bridgehead atoms. The Balaban J connectivity index is 2.03. The molecule has 0 aliphatic rings. The molecular formula is C30H44O4S. The number of sulfone groups is 1. The number of aromatic hydroxyl groups is 1. The summed E-state index contributed by atoms with van der Waals surface area (Å²) in [5.41, 5.74) is 3.57. The van der Waals surface area contributed by atoms with Crippen LogP contribution < -0.4 is 0 Å². The summed E-state index contributed by atoms with van der Waals surface area (Å²) in [4.78, 5) is 13.5. The molecule has 5 heteroatoms. The number of rotatable bonds is 16. The van der Waals surface area contributed by atoms with Crippen molar-refractivity contribution in [2.24, 2.45) is 0 Å². The standard InChI is InChI=1S/C30H44O4S/c1-5-6-7-8-9-10-11-12-13-17-20-35(33,34)30(26-18-15-14-16-19-26)28(31)22-27-21-23(2)29(32)25(4)24(27)3/h14-16,18-19,21,30,32H,5-13,17,20,22H2,1-4H3/t30-/m0/s1. The number of unbranched alkanes of at least 4 members (excludes halogenated alkanes) is 9. The first-order valence-corrected chi connectivity index (χ1v) is 15.0. The highest BCUT2D eigenvalue weighted by Gasteiger charge is 2.33. The molecule has 0 heterocycles. The van der Waals surface area contributed by atoms with Crippen molar-refractivity contribution in [3.8, 4) is 5.75 Å². The normalized spacial score (nSPS) is 12.6. The Bertz CT molecular complexity index is 1040. The van der Waals surface area contributed by atoms with Gasteiger partial charge in [0, 0.05) is 6.42 Å². The number of carbonyl (C=O) groups excluding carboxylic acids is 1. The van der Waals surface area contributed by atoms with Crippen LogP contribution in [0.15, 0.2) is 36.4 Å². The van der Waals surface area contributed by atoms with E-state index in [0.29, 0.717) is 17.5 Å². The highest BCUT2D eigenvalue weighted by Crippen LogP contribution is 2.31. The molecule has 2 aromatic rings. The van der Waals surface area contributed by atoms with Gasteiger partial charge in [-0.25, -0.2) is 8.42 Å². The number of Topliss-reactive ketones (excluding diaryl/α,β-unsaturated/α-hetero) is 1. The maximum Gasteiger partial charge on any atom is 0.164 e. The molecule has 0 aliphatic carbocycles. The van der Waals surface area contributed by atoms with Gasteiger partial charge in [-0.3, -0.25) is 4.79 Å². The highest BCUT2D eigenvalue weighted by molar-refractivity contribution is 7.92. The largest absolute Gasteiger partial charge is 0.507 e. The van der Waals surface area contributed by atoms with Crippen molar-refractivity contribution in [1.82, 2.24) is 0 Å². The van der Waals surface area contributed by atoms with Crippen molar-refractivity contribution in [3.63, 3.8) is 0 Å². The summed E-state index contributed by atoms with van der Waals surface area (Å²) < 4.78 is 26.8. The molecule has 0 saturated heterocycles. The maximum atomic E-state index is 13.5. The minimum Gasteiger partial charge on any atom is -0.507 e. The van der Waals surface area contributed by atoms with Gasteiger partial charge in [0.05, 0.1) is 5.75 Å². The molecule has 2 aromatic carbocycles. The minimum absolute atomic E-state index is 0.0292. The Morgan fingerprint density at radius 3 is 1.94 bits per heavy atom. The molecule has 0 spiro atoms. The lowest BCUT2D eigenvalue weighted by Gasteiger charge is -2.19. The molecule has 4 nitrogen and oxygen atoms in total. The quantitative estimate of drug-likeness (QED) is 0.242. The van der Waals surface area contributed by atoms with Gasteiger partial charge in [-0.2, -0.15) is 0 Å². The average Bonchev–Trinajstić information content (AvgIpc) is 2.83. The van der Waals surface area contributed by atoms with Gasteiger partial charge in [0.2, 0.25) is 0 Å². The molecule has 0 saturated carbocycles. The first-order chi connectivity index (χ1) is 16.7. The van der Waals surface area contributed by atoms with E-state index in [0.717, 1.165) is 36.0 Å². The second-order valence-electron chi connectivity index (χ2n) is 9.93. The van der Waals surface area contributed by atoms with Crippen molar-refractivity contribution >= 4 is 15.6 Å². The van der Waals surface area contributed by atoms with Crippen molar-refractivity contribution < 1.29 is 18.3 Å². The number of benzene rings is 2. The first kappa shape index (κ1) is 29.1. The first-order valence-electron chi connectivity index (χ1n) is 13.3. The number of aryl methyl sites for hydroxylation is 1. The summed E-state index contributed by atoms with van der Waals surface area (Å²) in [6.45, 7) is 7.71. The number of hydrogen-bond acceptors (Lipinski definition) is 4. The van der Waals surface area contributed by atoms with E-state index >= 15 is 0 Å². The fourth-order valence-electron chi connectivity index (χ4n) is 4.75. The summed E-state index contributed by atoms with van der Waals surface area (Å²) in [5.74, 6) is -0.0516. The van der Waals surface area contributed by atoms with Crippen molar-refractivity contribution in [2.45, 2.75) is 104 Å². The molecule has 0 aromatic heterocycles. The Morgan fingerprint density at radius 1 is 0.829 bits per heavy atom. The predicted octanol–water partition coefficient (Wildman–Crippen LogP) is 7.51. The van der Waals surface area contributed by atoms with Gasteiger partial charge in [-0.15, -0.1) is 0 Å². The van der Waals surface area contributed by atoms with Crippen LogP contribution in [0.5, 0.6) is 5.75 Å². The van der Waals surface area contributed by atoms with E-state index < -0.39 is 15.1 Å². The molecule has 1 atom stereocenters. The SMILES string of the molecule is CCCCCCCCCCCCS(=O)(=O)[C@H](C(=O)Cc1cc(C)c(O)c(C)c1C)c1ccccc1. The van der Waals surface area contributed by atoms with Gasteiger partial charge in [0.1, 0.15) is 11.0 Å². The van der Waals surface area contributed by atoms with Crippen molar-refractivity contribution in [3.05, 3.63) is 64.2 Å². The molecule has 0 amide bonds. The molecular weight excluding hydrogens is 456 g/mol. The third kappa shape index (κ3) is 8.79. The Labute approximate surface area is 213 Å². The zero-order valence-corrected chi connectivity index (χ0v) is 22.9. The molecule has 2 rings (SSSR count). The fourth-order valence-corrected chi connectivity index (χ4v) is 6.64. The summed E-state index contributed by atoms with van der Waals surface area (Å²) >= 11 is 0. The lowest BCUT2D eigenvalue weighted by molar-refractivity contribution is -0.118. The smallest absolute Gasteiger partial charge is 0.164 e. The number of phenolic OH excluding ortho intramolecular Hbond substituents is 1. The monoisotopic (exact) mass is 500 g/mol. The van der Waals surface area contributed by atoms with E-state index in [1.54, 1.807) is 37.3 Å². The van der Waals surface area contributed by atoms with E-state index in [4.69, 9.17) is 0 Å². The Morgan fingerprint density at radius 2 is 1.37 bits per heavy atom. The van der Waals surface area contributed by atoms with Gasteiger partial charge in [0.15, 0.2) is 15.6 Å². The molecule has 194 valence electrons. The van der Waals surface area contributed by atoms with Gasteiger partial charge in [-0.1, -0.05) is 101 Å². The number of phenols is 1. The van der Waals surface area contributed by atoms with Gasteiger partial charge < -0.3 is 5.11 Å². The molecule has 0 aliphatic heterocycles. The van der Waals surface area contributed by atoms with Crippen LogP contribution in [0, 0.1) is 20.8 Å². The van der Waals surface area contributed by atoms with E-state index in [2.05, 4.69) is 6.92 Å². The van der Waals surface area contributed by atoms with E-state index in [1.165, 1.54) is 38.5 Å². The van der Waals surface area contributed by atoms with Crippen LogP contribution >= 0.6 is 0 Å². The topological polar surface area (TPSA) is 71.4 Å². The summed E-state index contributed by atoms with van der Waals surface area (Å²) in [7, 11) is -3.64. The van der Waals surface area contributed by atoms with E-state index in [-0.39, 0.29) is 23.7 Å². The number of ketones is 1. The molecule has 0 unspecified atom stereocenters. The number of carbonyl (C=O) groups is 1. The third-order valence-corrected chi connectivity index (χ3v) is 9.18.